The zero-order valence-corrected chi connectivity index (χ0v) is 9.14. The van der Waals surface area contributed by atoms with E-state index in [2.05, 4.69) is 6.92 Å². The van der Waals surface area contributed by atoms with Crippen molar-refractivity contribution in [2.24, 2.45) is 5.73 Å². The second kappa shape index (κ2) is 10.6. The molecule has 3 heteroatoms. The summed E-state index contributed by atoms with van der Waals surface area (Å²) in [6, 6.07) is 0. The van der Waals surface area contributed by atoms with Crippen LogP contribution >= 0.6 is 24.2 Å². The van der Waals surface area contributed by atoms with E-state index >= 15 is 0 Å². The number of hydrogen-bond donors (Lipinski definition) is 1. The van der Waals surface area contributed by atoms with Crippen LogP contribution in [0.5, 0.6) is 0 Å². The van der Waals surface area contributed by atoms with Crippen molar-refractivity contribution in [1.82, 2.24) is 0 Å². The molecular weight excluding hydrogens is 178 g/mol. The minimum atomic E-state index is 0. The Kier molecular flexibility index (Phi) is 13.6. The highest BCUT2D eigenvalue weighted by molar-refractivity contribution is 7.99. The zero-order chi connectivity index (χ0) is 7.82. The van der Waals surface area contributed by atoms with Crippen molar-refractivity contribution in [2.75, 3.05) is 5.75 Å². The van der Waals surface area contributed by atoms with Crippen LogP contribution in [0.3, 0.4) is 0 Å². The summed E-state index contributed by atoms with van der Waals surface area (Å²) in [6.07, 6.45) is 5.40. The molecule has 0 aliphatic carbocycles. The van der Waals surface area contributed by atoms with Crippen molar-refractivity contribution in [2.45, 2.75) is 44.9 Å². The number of unbranched alkanes of at least 4 members (excludes halogenated alkanes) is 3. The van der Waals surface area contributed by atoms with Gasteiger partial charge in [-0.25, -0.2) is 0 Å². The maximum atomic E-state index is 5.57. The van der Waals surface area contributed by atoms with Gasteiger partial charge in [-0.05, 0) is 19.1 Å². The Bertz CT molecular complexity index is 69.1. The van der Waals surface area contributed by atoms with Gasteiger partial charge in [0, 0.05) is 5.37 Å². The van der Waals surface area contributed by atoms with Crippen molar-refractivity contribution in [3.05, 3.63) is 0 Å². The second-order valence-corrected chi connectivity index (χ2v) is 4.12. The summed E-state index contributed by atoms with van der Waals surface area (Å²) in [4.78, 5) is 0. The Morgan fingerprint density at radius 1 is 1.27 bits per heavy atom. The van der Waals surface area contributed by atoms with Gasteiger partial charge in [0.2, 0.25) is 0 Å². The van der Waals surface area contributed by atoms with Crippen LogP contribution in [0, 0.1) is 0 Å². The normalized spacial score (nSPS) is 12.3. The minimum Gasteiger partial charge on any atom is -0.320 e. The molecule has 11 heavy (non-hydrogen) atoms. The highest BCUT2D eigenvalue weighted by atomic mass is 35.5. The molecule has 0 spiro atoms. The number of halogens is 1. The van der Waals surface area contributed by atoms with Crippen LogP contribution in [-0.2, 0) is 0 Å². The lowest BCUT2D eigenvalue weighted by Crippen LogP contribution is -2.09. The monoisotopic (exact) mass is 197 g/mol. The van der Waals surface area contributed by atoms with E-state index in [4.69, 9.17) is 5.73 Å². The Balaban J connectivity index is 0. The lowest BCUT2D eigenvalue weighted by Gasteiger charge is -2.03. The van der Waals surface area contributed by atoms with Gasteiger partial charge in [0.1, 0.15) is 0 Å². The van der Waals surface area contributed by atoms with E-state index in [0.717, 1.165) is 0 Å². The summed E-state index contributed by atoms with van der Waals surface area (Å²) in [6.45, 7) is 4.28. The molecule has 0 radical (unpaired) electrons. The summed E-state index contributed by atoms with van der Waals surface area (Å²) in [5.41, 5.74) is 5.57. The Hall–Kier alpha value is 0.600. The van der Waals surface area contributed by atoms with Crippen molar-refractivity contribution in [3.8, 4) is 0 Å². The molecule has 0 fully saturated rings. The van der Waals surface area contributed by atoms with E-state index < -0.39 is 0 Å². The molecule has 0 aromatic carbocycles. The SMILES string of the molecule is CCCCCCSC(C)N.Cl. The summed E-state index contributed by atoms with van der Waals surface area (Å²) in [5.74, 6) is 1.23. The number of nitrogens with two attached hydrogens (primary N) is 1. The molecule has 0 rings (SSSR count). The van der Waals surface area contributed by atoms with Crippen LogP contribution in [0.15, 0.2) is 0 Å². The summed E-state index contributed by atoms with van der Waals surface area (Å²) in [7, 11) is 0. The molecule has 0 saturated carbocycles. The van der Waals surface area contributed by atoms with E-state index in [1.165, 1.54) is 31.4 Å². The van der Waals surface area contributed by atoms with E-state index in [9.17, 15) is 0 Å². The smallest absolute Gasteiger partial charge is 0.0478 e. The summed E-state index contributed by atoms with van der Waals surface area (Å²) >= 11 is 1.86. The molecule has 0 aromatic heterocycles. The average molecular weight is 198 g/mol. The third-order valence-corrected chi connectivity index (χ3v) is 2.43. The third-order valence-electron chi connectivity index (χ3n) is 1.38. The van der Waals surface area contributed by atoms with Gasteiger partial charge < -0.3 is 5.73 Å². The predicted octanol–water partition coefficient (Wildman–Crippen LogP) is 3.03. The molecule has 0 amide bonds. The standard InChI is InChI=1S/C8H19NS.ClH/c1-3-4-5-6-7-10-8(2)9;/h8H,3-7,9H2,1-2H3;1H. The van der Waals surface area contributed by atoms with Gasteiger partial charge in [0.25, 0.3) is 0 Å². The molecule has 0 aromatic rings. The molecule has 1 unspecified atom stereocenters. The lowest BCUT2D eigenvalue weighted by atomic mass is 10.2. The van der Waals surface area contributed by atoms with Crippen molar-refractivity contribution in [3.63, 3.8) is 0 Å². The Morgan fingerprint density at radius 3 is 2.36 bits per heavy atom. The van der Waals surface area contributed by atoms with Crippen LogP contribution in [0.4, 0.5) is 0 Å². The molecule has 70 valence electrons. The summed E-state index contributed by atoms with van der Waals surface area (Å²) < 4.78 is 0. The van der Waals surface area contributed by atoms with E-state index in [1.54, 1.807) is 0 Å². The molecular formula is C8H20ClNS. The average Bonchev–Trinajstić information content (AvgIpc) is 1.87. The fourth-order valence-corrected chi connectivity index (χ4v) is 1.54. The fraction of sp³-hybridized carbons (Fsp3) is 1.00. The molecule has 0 saturated heterocycles. The molecule has 0 aliphatic heterocycles. The van der Waals surface area contributed by atoms with Gasteiger partial charge >= 0.3 is 0 Å². The van der Waals surface area contributed by atoms with Gasteiger partial charge in [-0.3, -0.25) is 0 Å². The molecule has 0 aliphatic rings. The van der Waals surface area contributed by atoms with Gasteiger partial charge in [0.05, 0.1) is 0 Å². The van der Waals surface area contributed by atoms with E-state index in [0.29, 0.717) is 5.37 Å². The lowest BCUT2D eigenvalue weighted by molar-refractivity contribution is 0.706. The molecule has 0 bridgehead atoms. The van der Waals surface area contributed by atoms with E-state index in [1.807, 2.05) is 18.7 Å². The number of hydrogen-bond acceptors (Lipinski definition) is 2. The summed E-state index contributed by atoms with van der Waals surface area (Å²) in [5, 5.41) is 0.321. The van der Waals surface area contributed by atoms with Crippen LogP contribution in [0.25, 0.3) is 0 Å². The molecule has 0 heterocycles. The second-order valence-electron chi connectivity index (χ2n) is 2.64. The molecule has 1 nitrogen and oxygen atoms in total. The third kappa shape index (κ3) is 13.6. The van der Waals surface area contributed by atoms with Crippen molar-refractivity contribution >= 4 is 24.2 Å². The highest BCUT2D eigenvalue weighted by Crippen LogP contribution is 2.09. The maximum absolute atomic E-state index is 5.57. The topological polar surface area (TPSA) is 26.0 Å². The first kappa shape index (κ1) is 14.1. The minimum absolute atomic E-state index is 0. The highest BCUT2D eigenvalue weighted by Gasteiger charge is 1.92. The van der Waals surface area contributed by atoms with Gasteiger partial charge in [0.15, 0.2) is 0 Å². The largest absolute Gasteiger partial charge is 0.320 e. The van der Waals surface area contributed by atoms with Crippen LogP contribution in [0.2, 0.25) is 0 Å². The molecule has 1 atom stereocenters. The van der Waals surface area contributed by atoms with Crippen LogP contribution in [0.1, 0.15) is 39.5 Å². The predicted molar refractivity (Wildman–Crippen MR) is 57.5 cm³/mol. The number of rotatable bonds is 6. The first-order valence-corrected chi connectivity index (χ1v) is 5.19. The quantitative estimate of drug-likeness (QED) is 0.524. The van der Waals surface area contributed by atoms with Crippen molar-refractivity contribution < 1.29 is 0 Å². The van der Waals surface area contributed by atoms with E-state index in [-0.39, 0.29) is 12.4 Å². The first-order valence-electron chi connectivity index (χ1n) is 4.14. The molecule has 2 N–H and O–H groups in total. The Labute approximate surface area is 80.9 Å². The van der Waals surface area contributed by atoms with Gasteiger partial charge in [-0.1, -0.05) is 26.2 Å². The Morgan fingerprint density at radius 2 is 1.91 bits per heavy atom. The number of thioether (sulfide) groups is 1. The van der Waals surface area contributed by atoms with Gasteiger partial charge in [-0.2, -0.15) is 0 Å². The maximum Gasteiger partial charge on any atom is 0.0478 e. The first-order chi connectivity index (χ1) is 4.77. The van der Waals surface area contributed by atoms with Crippen LogP contribution < -0.4 is 5.73 Å². The fourth-order valence-electron chi connectivity index (χ4n) is 0.798. The van der Waals surface area contributed by atoms with Gasteiger partial charge in [-0.15, -0.1) is 24.2 Å². The van der Waals surface area contributed by atoms with Crippen molar-refractivity contribution in [1.29, 1.82) is 0 Å². The zero-order valence-electron chi connectivity index (χ0n) is 7.51. The van der Waals surface area contributed by atoms with Crippen LogP contribution in [-0.4, -0.2) is 11.1 Å².